The summed E-state index contributed by atoms with van der Waals surface area (Å²) in [6.45, 7) is 1.99. The lowest BCUT2D eigenvalue weighted by atomic mass is 10.0. The molecule has 5 nitrogen and oxygen atoms in total. The minimum atomic E-state index is -0.0151. The Kier molecular flexibility index (Phi) is 4.42. The highest BCUT2D eigenvalue weighted by Gasteiger charge is 2.30. The molecule has 0 unspecified atom stereocenters. The van der Waals surface area contributed by atoms with Crippen LogP contribution in [0.4, 0.5) is 5.82 Å². The van der Waals surface area contributed by atoms with Gasteiger partial charge in [0.15, 0.2) is 0 Å². The van der Waals surface area contributed by atoms with Crippen LogP contribution in [-0.4, -0.2) is 28.6 Å². The summed E-state index contributed by atoms with van der Waals surface area (Å²) < 4.78 is 7.20. The van der Waals surface area contributed by atoms with Gasteiger partial charge in [-0.25, -0.2) is 4.68 Å². The fourth-order valence-electron chi connectivity index (χ4n) is 3.21. The van der Waals surface area contributed by atoms with Crippen molar-refractivity contribution in [3.05, 3.63) is 71.4 Å². The van der Waals surface area contributed by atoms with E-state index < -0.39 is 0 Å². The van der Waals surface area contributed by atoms with Gasteiger partial charge in [-0.15, -0.1) is 11.8 Å². The zero-order valence-electron chi connectivity index (χ0n) is 14.6. The number of amides is 1. The number of benzene rings is 2. The topological polar surface area (TPSA) is 56.1 Å². The zero-order valence-corrected chi connectivity index (χ0v) is 15.4. The van der Waals surface area contributed by atoms with E-state index in [1.807, 2.05) is 60.1 Å². The average Bonchev–Trinajstić information content (AvgIpc) is 2.88. The standard InChI is InChI=1S/C20H19N3O2S/c1-13-18-19(14-7-6-10-16(11-14)25-2)26-12-17(24)21-20(18)23(22-13)15-8-4-3-5-9-15/h3-11,19H,12H2,1-2H3,(H,21,24)/t19-/m0/s1. The van der Waals surface area contributed by atoms with E-state index in [0.717, 1.165) is 34.1 Å². The van der Waals surface area contributed by atoms with Crippen molar-refractivity contribution in [2.45, 2.75) is 12.2 Å². The van der Waals surface area contributed by atoms with Crippen LogP contribution in [0.2, 0.25) is 0 Å². The van der Waals surface area contributed by atoms with Crippen LogP contribution < -0.4 is 10.1 Å². The molecule has 6 heteroatoms. The van der Waals surface area contributed by atoms with Gasteiger partial charge < -0.3 is 10.1 Å². The second kappa shape index (κ2) is 6.88. The molecule has 1 aliphatic rings. The molecule has 4 rings (SSSR count). The van der Waals surface area contributed by atoms with E-state index in [-0.39, 0.29) is 11.2 Å². The van der Waals surface area contributed by atoms with E-state index in [2.05, 4.69) is 11.4 Å². The van der Waals surface area contributed by atoms with Crippen LogP contribution in [-0.2, 0) is 4.79 Å². The monoisotopic (exact) mass is 365 g/mol. The highest BCUT2D eigenvalue weighted by atomic mass is 32.2. The first-order valence-corrected chi connectivity index (χ1v) is 9.42. The lowest BCUT2D eigenvalue weighted by Crippen LogP contribution is -2.15. The Bertz CT molecular complexity index is 953. The van der Waals surface area contributed by atoms with Crippen LogP contribution in [0.15, 0.2) is 54.6 Å². The van der Waals surface area contributed by atoms with Gasteiger partial charge in [0.2, 0.25) is 5.91 Å². The number of ether oxygens (including phenoxy) is 1. The first-order chi connectivity index (χ1) is 12.7. The molecule has 1 aliphatic heterocycles. The molecule has 26 heavy (non-hydrogen) atoms. The number of rotatable bonds is 3. The molecule has 0 fully saturated rings. The van der Waals surface area contributed by atoms with Gasteiger partial charge in [-0.3, -0.25) is 4.79 Å². The molecule has 2 heterocycles. The molecule has 2 aromatic carbocycles. The van der Waals surface area contributed by atoms with E-state index in [0.29, 0.717) is 5.75 Å². The molecule has 0 bridgehead atoms. The number of anilines is 1. The third-order valence-corrected chi connectivity index (χ3v) is 5.68. The number of nitrogens with zero attached hydrogens (tertiary/aromatic N) is 2. The van der Waals surface area contributed by atoms with Gasteiger partial charge in [0, 0.05) is 5.56 Å². The van der Waals surface area contributed by atoms with Gasteiger partial charge in [0.25, 0.3) is 0 Å². The van der Waals surface area contributed by atoms with Gasteiger partial charge in [-0.05, 0) is 36.8 Å². The highest BCUT2D eigenvalue weighted by Crippen LogP contribution is 2.44. The van der Waals surface area contributed by atoms with Crippen molar-refractivity contribution >= 4 is 23.5 Å². The van der Waals surface area contributed by atoms with Crippen molar-refractivity contribution in [2.24, 2.45) is 0 Å². The van der Waals surface area contributed by atoms with Gasteiger partial charge in [-0.1, -0.05) is 30.3 Å². The van der Waals surface area contributed by atoms with Crippen molar-refractivity contribution in [2.75, 3.05) is 18.2 Å². The van der Waals surface area contributed by atoms with Gasteiger partial charge >= 0.3 is 0 Å². The summed E-state index contributed by atoms with van der Waals surface area (Å²) >= 11 is 1.61. The minimum absolute atomic E-state index is 0.0107. The third-order valence-electron chi connectivity index (χ3n) is 4.41. The third kappa shape index (κ3) is 2.97. The van der Waals surface area contributed by atoms with Crippen LogP contribution in [0.1, 0.15) is 22.1 Å². The van der Waals surface area contributed by atoms with Crippen molar-refractivity contribution < 1.29 is 9.53 Å². The van der Waals surface area contributed by atoms with Crippen LogP contribution in [0, 0.1) is 6.92 Å². The largest absolute Gasteiger partial charge is 0.497 e. The average molecular weight is 365 g/mol. The number of hydrogen-bond donors (Lipinski definition) is 1. The predicted octanol–water partition coefficient (Wildman–Crippen LogP) is 3.96. The minimum Gasteiger partial charge on any atom is -0.497 e. The first-order valence-electron chi connectivity index (χ1n) is 8.37. The first kappa shape index (κ1) is 16.7. The van der Waals surface area contributed by atoms with E-state index in [1.165, 1.54) is 0 Å². The zero-order chi connectivity index (χ0) is 18.1. The number of thioether (sulfide) groups is 1. The molecule has 1 aromatic heterocycles. The molecule has 1 amide bonds. The normalized spacial score (nSPS) is 16.5. The Morgan fingerprint density at radius 2 is 2.00 bits per heavy atom. The quantitative estimate of drug-likeness (QED) is 0.763. The van der Waals surface area contributed by atoms with E-state index in [1.54, 1.807) is 18.9 Å². The highest BCUT2D eigenvalue weighted by molar-refractivity contribution is 8.00. The molecule has 0 radical (unpaired) electrons. The molecule has 0 aliphatic carbocycles. The van der Waals surface area contributed by atoms with Gasteiger partial charge in [0.05, 0.1) is 29.5 Å². The number of carbonyl (C=O) groups is 1. The molecule has 3 aromatic rings. The van der Waals surface area contributed by atoms with Gasteiger partial charge in [-0.2, -0.15) is 5.10 Å². The summed E-state index contributed by atoms with van der Waals surface area (Å²) in [6, 6.07) is 17.9. The Balaban J connectivity index is 1.88. The summed E-state index contributed by atoms with van der Waals surface area (Å²) in [7, 11) is 1.66. The number of hydrogen-bond acceptors (Lipinski definition) is 4. The fraction of sp³-hybridized carbons (Fsp3) is 0.200. The van der Waals surface area contributed by atoms with Crippen molar-refractivity contribution in [1.82, 2.24) is 9.78 Å². The molecule has 0 saturated heterocycles. The Hall–Kier alpha value is -2.73. The van der Waals surface area contributed by atoms with Crippen LogP contribution in [0.5, 0.6) is 5.75 Å². The van der Waals surface area contributed by atoms with Crippen LogP contribution >= 0.6 is 11.8 Å². The second-order valence-electron chi connectivity index (χ2n) is 6.11. The number of aryl methyl sites for hydroxylation is 1. The Morgan fingerprint density at radius 1 is 1.19 bits per heavy atom. The molecule has 132 valence electrons. The van der Waals surface area contributed by atoms with Crippen LogP contribution in [0.25, 0.3) is 5.69 Å². The van der Waals surface area contributed by atoms with Crippen molar-refractivity contribution in [3.8, 4) is 11.4 Å². The maximum Gasteiger partial charge on any atom is 0.235 e. The molecule has 0 saturated carbocycles. The Labute approximate surface area is 156 Å². The van der Waals surface area contributed by atoms with E-state index in [4.69, 9.17) is 9.84 Å². The smallest absolute Gasteiger partial charge is 0.235 e. The number of aromatic nitrogens is 2. The number of para-hydroxylation sites is 1. The lowest BCUT2D eigenvalue weighted by molar-refractivity contribution is -0.113. The number of carbonyl (C=O) groups excluding carboxylic acids is 1. The molecular weight excluding hydrogens is 346 g/mol. The van der Waals surface area contributed by atoms with E-state index in [9.17, 15) is 4.79 Å². The fourth-order valence-corrected chi connectivity index (χ4v) is 4.39. The number of nitrogens with one attached hydrogen (secondary N) is 1. The summed E-state index contributed by atoms with van der Waals surface area (Å²) in [5, 5.41) is 7.77. The SMILES string of the molecule is COc1cccc([C@@H]2SCC(=O)Nc3c2c(C)nn3-c2ccccc2)c1. The molecule has 1 N–H and O–H groups in total. The van der Waals surface area contributed by atoms with Crippen LogP contribution in [0.3, 0.4) is 0 Å². The maximum absolute atomic E-state index is 12.3. The molecular formula is C20H19N3O2S. The lowest BCUT2D eigenvalue weighted by Gasteiger charge is -2.16. The molecule has 1 atom stereocenters. The predicted molar refractivity (Wildman–Crippen MR) is 104 cm³/mol. The van der Waals surface area contributed by atoms with E-state index >= 15 is 0 Å². The maximum atomic E-state index is 12.3. The summed E-state index contributed by atoms with van der Waals surface area (Å²) in [4.78, 5) is 12.3. The summed E-state index contributed by atoms with van der Waals surface area (Å²) in [5.74, 6) is 1.93. The molecule has 0 spiro atoms. The summed E-state index contributed by atoms with van der Waals surface area (Å²) in [5.41, 5.74) is 3.97. The van der Waals surface area contributed by atoms with Crippen molar-refractivity contribution in [3.63, 3.8) is 0 Å². The van der Waals surface area contributed by atoms with Crippen molar-refractivity contribution in [1.29, 1.82) is 0 Å². The number of methoxy groups -OCH3 is 1. The summed E-state index contributed by atoms with van der Waals surface area (Å²) in [6.07, 6.45) is 0. The number of fused-ring (bicyclic) bond motifs is 1. The van der Waals surface area contributed by atoms with Gasteiger partial charge in [0.1, 0.15) is 11.6 Å². The second-order valence-corrected chi connectivity index (χ2v) is 7.20. The Morgan fingerprint density at radius 3 is 2.77 bits per heavy atom.